The van der Waals surface area contributed by atoms with Crippen LogP contribution in [0.3, 0.4) is 0 Å². The lowest BCUT2D eigenvalue weighted by atomic mass is 10.2. The summed E-state index contributed by atoms with van der Waals surface area (Å²) in [6.45, 7) is 0.916. The zero-order valence-corrected chi connectivity index (χ0v) is 7.66. The van der Waals surface area contributed by atoms with E-state index in [0.29, 0.717) is 6.10 Å². The van der Waals surface area contributed by atoms with Gasteiger partial charge in [0.2, 0.25) is 0 Å². The molecule has 0 radical (unpaired) electrons. The Kier molecular flexibility index (Phi) is 3.34. The van der Waals surface area contributed by atoms with Crippen LogP contribution in [0.15, 0.2) is 0 Å². The molecule has 0 aromatic carbocycles. The van der Waals surface area contributed by atoms with Gasteiger partial charge in [-0.1, -0.05) is 0 Å². The van der Waals surface area contributed by atoms with E-state index >= 15 is 0 Å². The molecule has 0 amide bonds. The molecule has 1 unspecified atom stereocenters. The van der Waals surface area contributed by atoms with E-state index in [0.717, 1.165) is 12.7 Å². The summed E-state index contributed by atoms with van der Waals surface area (Å²) in [6, 6.07) is 0.993. The predicted molar refractivity (Wildman–Crippen MR) is 40.3 cm³/mol. The molecule has 1 aliphatic rings. The highest BCUT2D eigenvalue weighted by molar-refractivity contribution is 6.44. The minimum Gasteiger partial charge on any atom is -0.400 e. The highest BCUT2D eigenvalue weighted by Gasteiger charge is 2.24. The van der Waals surface area contributed by atoms with Gasteiger partial charge in [0.05, 0.1) is 6.10 Å². The van der Waals surface area contributed by atoms with Gasteiger partial charge in [0.25, 0.3) is 0 Å². The Morgan fingerprint density at radius 2 is 2.10 bits per heavy atom. The Labute approximate surface area is 63.1 Å². The molecule has 0 saturated carbocycles. The van der Waals surface area contributed by atoms with Gasteiger partial charge in [-0.25, -0.2) is 0 Å². The fourth-order valence-electron chi connectivity index (χ4n) is 0.974. The van der Waals surface area contributed by atoms with Gasteiger partial charge in [-0.15, -0.1) is 0 Å². The smallest absolute Gasteiger partial charge is 0.323 e. The van der Waals surface area contributed by atoms with Crippen LogP contribution in [-0.4, -0.2) is 36.2 Å². The molecule has 0 N–H and O–H groups in total. The lowest BCUT2D eigenvalue weighted by molar-refractivity contribution is -0.0413. The molecule has 0 bridgehead atoms. The maximum Gasteiger partial charge on any atom is 0.323 e. The van der Waals surface area contributed by atoms with Crippen molar-refractivity contribution >= 4 is 9.28 Å². The second-order valence-corrected chi connectivity index (χ2v) is 4.69. The molecule has 3 nitrogen and oxygen atoms in total. The SMILES string of the molecule is CO[SiH](CC1CCO1)OC. The Bertz CT molecular complexity index is 91.0. The van der Waals surface area contributed by atoms with E-state index in [2.05, 4.69) is 0 Å². The van der Waals surface area contributed by atoms with E-state index in [1.54, 1.807) is 14.2 Å². The van der Waals surface area contributed by atoms with Crippen LogP contribution < -0.4 is 0 Å². The van der Waals surface area contributed by atoms with Crippen molar-refractivity contribution < 1.29 is 13.6 Å². The van der Waals surface area contributed by atoms with E-state index in [1.807, 2.05) is 0 Å². The van der Waals surface area contributed by atoms with E-state index in [1.165, 1.54) is 6.42 Å². The molecular formula is C6H14O3Si. The summed E-state index contributed by atoms with van der Waals surface area (Å²) in [5.41, 5.74) is 0. The van der Waals surface area contributed by atoms with E-state index in [9.17, 15) is 0 Å². The van der Waals surface area contributed by atoms with Crippen molar-refractivity contribution in [3.63, 3.8) is 0 Å². The lowest BCUT2D eigenvalue weighted by Gasteiger charge is -2.27. The van der Waals surface area contributed by atoms with Gasteiger partial charge in [0.1, 0.15) is 0 Å². The van der Waals surface area contributed by atoms with Crippen molar-refractivity contribution in [2.75, 3.05) is 20.8 Å². The molecule has 1 aliphatic heterocycles. The van der Waals surface area contributed by atoms with Gasteiger partial charge in [-0.05, 0) is 6.42 Å². The Balaban J connectivity index is 2.08. The third kappa shape index (κ3) is 2.05. The van der Waals surface area contributed by atoms with Crippen LogP contribution in [-0.2, 0) is 13.6 Å². The number of hydrogen-bond donors (Lipinski definition) is 0. The van der Waals surface area contributed by atoms with Crippen molar-refractivity contribution in [3.05, 3.63) is 0 Å². The minimum atomic E-state index is -1.34. The first-order chi connectivity index (χ1) is 4.86. The third-order valence-corrected chi connectivity index (χ3v) is 3.74. The van der Waals surface area contributed by atoms with E-state index in [-0.39, 0.29) is 0 Å². The maximum absolute atomic E-state index is 5.24. The fraction of sp³-hybridized carbons (Fsp3) is 1.00. The van der Waals surface area contributed by atoms with E-state index < -0.39 is 9.28 Å². The van der Waals surface area contributed by atoms with Gasteiger partial charge < -0.3 is 13.6 Å². The van der Waals surface area contributed by atoms with Crippen molar-refractivity contribution in [2.45, 2.75) is 18.6 Å². The van der Waals surface area contributed by atoms with Crippen molar-refractivity contribution in [1.82, 2.24) is 0 Å². The molecule has 0 aromatic rings. The first-order valence-corrected chi connectivity index (χ1v) is 5.30. The van der Waals surface area contributed by atoms with Gasteiger partial charge in [-0.3, -0.25) is 0 Å². The van der Waals surface area contributed by atoms with Crippen LogP contribution >= 0.6 is 0 Å². The Morgan fingerprint density at radius 1 is 1.50 bits per heavy atom. The monoisotopic (exact) mass is 162 g/mol. The summed E-state index contributed by atoms with van der Waals surface area (Å²) >= 11 is 0. The molecule has 0 aliphatic carbocycles. The van der Waals surface area contributed by atoms with Crippen LogP contribution in [0, 0.1) is 0 Å². The van der Waals surface area contributed by atoms with Crippen molar-refractivity contribution in [3.8, 4) is 0 Å². The molecule has 4 heteroatoms. The van der Waals surface area contributed by atoms with Gasteiger partial charge in [-0.2, -0.15) is 0 Å². The van der Waals surface area contributed by atoms with Gasteiger partial charge in [0, 0.05) is 26.9 Å². The summed E-state index contributed by atoms with van der Waals surface area (Å²) in [5.74, 6) is 0. The molecule has 10 heavy (non-hydrogen) atoms. The summed E-state index contributed by atoms with van der Waals surface area (Å²) in [5, 5.41) is 0. The largest absolute Gasteiger partial charge is 0.400 e. The van der Waals surface area contributed by atoms with E-state index in [4.69, 9.17) is 13.6 Å². The highest BCUT2D eigenvalue weighted by atomic mass is 28.3. The molecule has 1 saturated heterocycles. The average molecular weight is 162 g/mol. The van der Waals surface area contributed by atoms with Crippen LogP contribution in [0.1, 0.15) is 6.42 Å². The summed E-state index contributed by atoms with van der Waals surface area (Å²) < 4.78 is 15.5. The fourth-order valence-corrected chi connectivity index (χ4v) is 2.35. The first kappa shape index (κ1) is 8.20. The summed E-state index contributed by atoms with van der Waals surface area (Å²) in [6.07, 6.45) is 1.60. The number of rotatable bonds is 4. The van der Waals surface area contributed by atoms with Crippen LogP contribution in [0.5, 0.6) is 0 Å². The summed E-state index contributed by atoms with van der Waals surface area (Å²) in [7, 11) is 2.07. The zero-order valence-electron chi connectivity index (χ0n) is 6.50. The summed E-state index contributed by atoms with van der Waals surface area (Å²) in [4.78, 5) is 0. The van der Waals surface area contributed by atoms with Gasteiger partial charge in [0.15, 0.2) is 0 Å². The normalized spacial score (nSPS) is 24.9. The molecule has 1 atom stereocenters. The molecule has 0 aromatic heterocycles. The third-order valence-electron chi connectivity index (χ3n) is 1.77. The number of hydrogen-bond acceptors (Lipinski definition) is 3. The lowest BCUT2D eigenvalue weighted by Crippen LogP contribution is -2.33. The minimum absolute atomic E-state index is 0.427. The van der Waals surface area contributed by atoms with Crippen molar-refractivity contribution in [1.29, 1.82) is 0 Å². The highest BCUT2D eigenvalue weighted by Crippen LogP contribution is 2.17. The molecule has 60 valence electrons. The molecular weight excluding hydrogens is 148 g/mol. The van der Waals surface area contributed by atoms with Crippen LogP contribution in [0.4, 0.5) is 0 Å². The van der Waals surface area contributed by atoms with Crippen LogP contribution in [0.2, 0.25) is 6.04 Å². The quantitative estimate of drug-likeness (QED) is 0.556. The molecule has 1 heterocycles. The topological polar surface area (TPSA) is 27.7 Å². The average Bonchev–Trinajstić information content (AvgIpc) is 1.87. The number of ether oxygens (including phenoxy) is 1. The molecule has 0 spiro atoms. The second kappa shape index (κ2) is 4.08. The molecule has 1 fully saturated rings. The standard InChI is InChI=1S/C6H14O3Si/c1-7-10(8-2)5-6-3-4-9-6/h6,10H,3-5H2,1-2H3. The van der Waals surface area contributed by atoms with Gasteiger partial charge >= 0.3 is 9.28 Å². The zero-order chi connectivity index (χ0) is 7.40. The Morgan fingerprint density at radius 3 is 2.40 bits per heavy atom. The van der Waals surface area contributed by atoms with Crippen molar-refractivity contribution in [2.24, 2.45) is 0 Å². The Hall–Kier alpha value is 0.0969. The maximum atomic E-state index is 5.24. The molecule has 1 rings (SSSR count). The second-order valence-electron chi connectivity index (χ2n) is 2.42. The first-order valence-electron chi connectivity index (χ1n) is 3.54. The predicted octanol–water partition coefficient (Wildman–Crippen LogP) is 0.289. The van der Waals surface area contributed by atoms with Crippen LogP contribution in [0.25, 0.3) is 0 Å².